The third-order valence-corrected chi connectivity index (χ3v) is 3.50. The highest BCUT2D eigenvalue weighted by Crippen LogP contribution is 2.32. The molecule has 0 aliphatic carbocycles. The third-order valence-electron chi connectivity index (χ3n) is 3.50. The zero-order valence-electron chi connectivity index (χ0n) is 15.3. The van der Waals surface area contributed by atoms with Crippen LogP contribution in [0.5, 0.6) is 5.75 Å². The van der Waals surface area contributed by atoms with Crippen LogP contribution in [0.3, 0.4) is 0 Å². The number of rotatable bonds is 5. The Morgan fingerprint density at radius 2 is 1.59 bits per heavy atom. The molecule has 1 aliphatic rings. The Balaban J connectivity index is 2.64. The summed E-state index contributed by atoms with van der Waals surface area (Å²) in [6.07, 6.45) is 5.26. The van der Waals surface area contributed by atoms with E-state index in [0.29, 0.717) is 0 Å². The van der Waals surface area contributed by atoms with E-state index in [1.165, 1.54) is 24.4 Å². The Bertz CT molecular complexity index is 819. The van der Waals surface area contributed by atoms with Crippen LogP contribution < -0.4 is 9.64 Å². The SMILES string of the molecule is COC(=O)C1=C(C(=O)OC)N(c2cc(F)c(OC(C)C)c(F)c2)C=CC=C1. The van der Waals surface area contributed by atoms with Crippen molar-refractivity contribution in [2.24, 2.45) is 0 Å². The zero-order valence-corrected chi connectivity index (χ0v) is 15.3. The first-order valence-electron chi connectivity index (χ1n) is 8.00. The molecule has 0 radical (unpaired) electrons. The van der Waals surface area contributed by atoms with Crippen LogP contribution in [0.2, 0.25) is 0 Å². The summed E-state index contributed by atoms with van der Waals surface area (Å²) in [5.41, 5.74) is -0.411. The molecule has 0 unspecified atom stereocenters. The van der Waals surface area contributed by atoms with Crippen LogP contribution in [0.4, 0.5) is 14.5 Å². The first-order chi connectivity index (χ1) is 12.8. The second-order valence-corrected chi connectivity index (χ2v) is 5.72. The highest BCUT2D eigenvalue weighted by molar-refractivity contribution is 6.05. The van der Waals surface area contributed by atoms with E-state index < -0.39 is 35.4 Å². The van der Waals surface area contributed by atoms with Crippen molar-refractivity contribution in [3.05, 3.63) is 59.5 Å². The molecule has 1 aromatic rings. The van der Waals surface area contributed by atoms with Crippen LogP contribution >= 0.6 is 0 Å². The molecule has 0 saturated heterocycles. The Kier molecular flexibility index (Phi) is 6.33. The van der Waals surface area contributed by atoms with Crippen molar-refractivity contribution < 1.29 is 32.6 Å². The van der Waals surface area contributed by atoms with Gasteiger partial charge in [-0.2, -0.15) is 0 Å². The van der Waals surface area contributed by atoms with Crippen LogP contribution in [0, 0.1) is 11.6 Å². The van der Waals surface area contributed by atoms with Crippen LogP contribution in [0.1, 0.15) is 13.8 Å². The van der Waals surface area contributed by atoms with Gasteiger partial charge in [0, 0.05) is 18.3 Å². The molecule has 2 rings (SSSR count). The van der Waals surface area contributed by atoms with E-state index in [1.54, 1.807) is 13.8 Å². The number of carbonyl (C=O) groups excluding carboxylic acids is 2. The van der Waals surface area contributed by atoms with Crippen LogP contribution in [0.25, 0.3) is 0 Å². The van der Waals surface area contributed by atoms with E-state index >= 15 is 0 Å². The molecular formula is C19H19F2NO5. The number of ether oxygens (including phenoxy) is 3. The topological polar surface area (TPSA) is 65.1 Å². The number of allylic oxidation sites excluding steroid dienone is 2. The second-order valence-electron chi connectivity index (χ2n) is 5.72. The standard InChI is InChI=1S/C19H19F2NO5/c1-11(2)27-17-14(20)9-12(10-15(17)21)22-8-6-5-7-13(18(23)25-3)16(22)19(24)26-4/h5-11H,1-4H3. The lowest BCUT2D eigenvalue weighted by molar-refractivity contribution is -0.139. The highest BCUT2D eigenvalue weighted by Gasteiger charge is 2.28. The molecule has 0 N–H and O–H groups in total. The van der Waals surface area contributed by atoms with Gasteiger partial charge in [0.2, 0.25) is 0 Å². The minimum absolute atomic E-state index is 0.0390. The maximum atomic E-state index is 14.4. The van der Waals surface area contributed by atoms with E-state index in [2.05, 4.69) is 4.74 Å². The lowest BCUT2D eigenvalue weighted by Crippen LogP contribution is -2.27. The molecule has 0 aromatic heterocycles. The molecule has 1 heterocycles. The fourth-order valence-corrected chi connectivity index (χ4v) is 2.40. The summed E-state index contributed by atoms with van der Waals surface area (Å²) < 4.78 is 43.4. The summed E-state index contributed by atoms with van der Waals surface area (Å²) in [5.74, 6) is -4.11. The number of methoxy groups -OCH3 is 2. The first kappa shape index (κ1) is 20.2. The van der Waals surface area contributed by atoms with Gasteiger partial charge >= 0.3 is 11.9 Å². The summed E-state index contributed by atoms with van der Waals surface area (Å²) in [6.45, 7) is 3.27. The lowest BCUT2D eigenvalue weighted by Gasteiger charge is -2.24. The van der Waals surface area contributed by atoms with Gasteiger partial charge in [-0.3, -0.25) is 0 Å². The zero-order chi connectivity index (χ0) is 20.1. The summed E-state index contributed by atoms with van der Waals surface area (Å²) >= 11 is 0. The van der Waals surface area contributed by atoms with Gasteiger partial charge in [-0.15, -0.1) is 0 Å². The van der Waals surface area contributed by atoms with Gasteiger partial charge in [0.25, 0.3) is 0 Å². The third kappa shape index (κ3) is 4.33. The van der Waals surface area contributed by atoms with Crippen molar-refractivity contribution >= 4 is 17.6 Å². The van der Waals surface area contributed by atoms with Gasteiger partial charge in [-0.25, -0.2) is 18.4 Å². The molecule has 0 amide bonds. The van der Waals surface area contributed by atoms with E-state index in [1.807, 2.05) is 0 Å². The van der Waals surface area contributed by atoms with Gasteiger partial charge in [0.05, 0.1) is 31.6 Å². The quantitative estimate of drug-likeness (QED) is 0.732. The number of hydrogen-bond acceptors (Lipinski definition) is 6. The van der Waals surface area contributed by atoms with Gasteiger partial charge in [-0.05, 0) is 26.0 Å². The number of esters is 2. The van der Waals surface area contributed by atoms with Crippen LogP contribution in [0.15, 0.2) is 47.8 Å². The number of nitrogens with zero attached hydrogens (tertiary/aromatic N) is 1. The van der Waals surface area contributed by atoms with E-state index in [-0.39, 0.29) is 17.0 Å². The molecule has 27 heavy (non-hydrogen) atoms. The summed E-state index contributed by atoms with van der Waals surface area (Å²) in [6, 6.07) is 1.99. The lowest BCUT2D eigenvalue weighted by atomic mass is 10.1. The summed E-state index contributed by atoms with van der Waals surface area (Å²) in [5, 5.41) is 0. The molecule has 0 atom stereocenters. The fraction of sp³-hybridized carbons (Fsp3) is 0.263. The number of halogens is 2. The van der Waals surface area contributed by atoms with Crippen molar-refractivity contribution in [2.45, 2.75) is 20.0 Å². The van der Waals surface area contributed by atoms with Gasteiger partial charge < -0.3 is 19.1 Å². The van der Waals surface area contributed by atoms with Crippen molar-refractivity contribution in [3.8, 4) is 5.75 Å². The van der Waals surface area contributed by atoms with E-state index in [0.717, 1.165) is 31.3 Å². The fourth-order valence-electron chi connectivity index (χ4n) is 2.40. The Hall–Kier alpha value is -3.16. The monoisotopic (exact) mass is 379 g/mol. The average Bonchev–Trinajstić information content (AvgIpc) is 2.86. The smallest absolute Gasteiger partial charge is 0.355 e. The molecule has 144 valence electrons. The minimum atomic E-state index is -0.951. The van der Waals surface area contributed by atoms with Crippen molar-refractivity contribution in [2.75, 3.05) is 19.1 Å². The molecule has 8 heteroatoms. The minimum Gasteiger partial charge on any atom is -0.485 e. The Morgan fingerprint density at radius 1 is 1.00 bits per heavy atom. The van der Waals surface area contributed by atoms with Crippen LogP contribution in [-0.2, 0) is 19.1 Å². The van der Waals surface area contributed by atoms with Gasteiger partial charge in [0.1, 0.15) is 5.70 Å². The molecule has 0 spiro atoms. The largest absolute Gasteiger partial charge is 0.485 e. The molecule has 6 nitrogen and oxygen atoms in total. The molecule has 0 saturated carbocycles. The molecule has 1 aliphatic heterocycles. The van der Waals surface area contributed by atoms with Crippen LogP contribution in [-0.4, -0.2) is 32.3 Å². The highest BCUT2D eigenvalue weighted by atomic mass is 19.1. The average molecular weight is 379 g/mol. The van der Waals surface area contributed by atoms with Gasteiger partial charge in [0.15, 0.2) is 17.4 Å². The van der Waals surface area contributed by atoms with E-state index in [4.69, 9.17) is 9.47 Å². The van der Waals surface area contributed by atoms with Gasteiger partial charge in [-0.1, -0.05) is 6.08 Å². The maximum absolute atomic E-state index is 14.4. The van der Waals surface area contributed by atoms with Crippen molar-refractivity contribution in [1.82, 2.24) is 0 Å². The number of hydrogen-bond donors (Lipinski definition) is 0. The number of benzene rings is 1. The van der Waals surface area contributed by atoms with E-state index in [9.17, 15) is 18.4 Å². The van der Waals surface area contributed by atoms with Crippen molar-refractivity contribution in [1.29, 1.82) is 0 Å². The molecular weight excluding hydrogens is 360 g/mol. The summed E-state index contributed by atoms with van der Waals surface area (Å²) in [7, 11) is 2.28. The maximum Gasteiger partial charge on any atom is 0.355 e. The molecule has 0 bridgehead atoms. The first-order valence-corrected chi connectivity index (χ1v) is 8.00. The summed E-state index contributed by atoms with van der Waals surface area (Å²) in [4.78, 5) is 25.5. The number of anilines is 1. The number of carbonyl (C=O) groups is 2. The second kappa shape index (κ2) is 8.48. The predicted molar refractivity (Wildman–Crippen MR) is 93.9 cm³/mol. The normalized spacial score (nSPS) is 13.7. The Labute approximate surface area is 155 Å². The van der Waals surface area contributed by atoms with Crippen molar-refractivity contribution in [3.63, 3.8) is 0 Å². The molecule has 0 fully saturated rings. The predicted octanol–water partition coefficient (Wildman–Crippen LogP) is 3.24. The Morgan fingerprint density at radius 3 is 2.11 bits per heavy atom. The molecule has 1 aromatic carbocycles.